The summed E-state index contributed by atoms with van der Waals surface area (Å²) >= 11 is 0. The Labute approximate surface area is 122 Å². The summed E-state index contributed by atoms with van der Waals surface area (Å²) in [4.78, 5) is 1.52. The smallest absolute Gasteiger partial charge is 0.137 e. The summed E-state index contributed by atoms with van der Waals surface area (Å²) in [6, 6.07) is 8.24. The Balaban J connectivity index is 1.70. The average molecular weight is 278 g/mol. The van der Waals surface area contributed by atoms with E-state index in [1.54, 1.807) is 0 Å². The minimum atomic E-state index is -0.363. The maximum absolute atomic E-state index is 10.1. The van der Waals surface area contributed by atoms with Gasteiger partial charge in [-0.3, -0.25) is 0 Å². The van der Waals surface area contributed by atoms with E-state index in [0.29, 0.717) is 6.61 Å². The SMILES string of the molecule is CCCc1ccc(OC[C@H](O)C[NH+]2CCCCC2)cc1. The van der Waals surface area contributed by atoms with Crippen LogP contribution < -0.4 is 9.64 Å². The van der Waals surface area contributed by atoms with Crippen molar-refractivity contribution in [2.75, 3.05) is 26.2 Å². The molecule has 1 aromatic rings. The number of benzene rings is 1. The number of piperidine rings is 1. The molecule has 2 rings (SSSR count). The number of rotatable bonds is 7. The molecule has 20 heavy (non-hydrogen) atoms. The zero-order valence-corrected chi connectivity index (χ0v) is 12.6. The van der Waals surface area contributed by atoms with Gasteiger partial charge >= 0.3 is 0 Å². The Hall–Kier alpha value is -1.06. The van der Waals surface area contributed by atoms with Gasteiger partial charge in [-0.15, -0.1) is 0 Å². The molecule has 0 unspecified atom stereocenters. The second-order valence-electron chi connectivity index (χ2n) is 5.87. The van der Waals surface area contributed by atoms with Crippen molar-refractivity contribution in [3.63, 3.8) is 0 Å². The molecule has 1 aliphatic rings. The Morgan fingerprint density at radius 2 is 1.85 bits per heavy atom. The highest BCUT2D eigenvalue weighted by molar-refractivity contribution is 5.27. The van der Waals surface area contributed by atoms with Crippen LogP contribution in [0.15, 0.2) is 24.3 Å². The van der Waals surface area contributed by atoms with Crippen LogP contribution in [0.1, 0.15) is 38.2 Å². The van der Waals surface area contributed by atoms with Crippen molar-refractivity contribution in [1.29, 1.82) is 0 Å². The quantitative estimate of drug-likeness (QED) is 0.791. The van der Waals surface area contributed by atoms with Crippen LogP contribution in [0.5, 0.6) is 5.75 Å². The molecule has 2 N–H and O–H groups in total. The predicted molar refractivity (Wildman–Crippen MR) is 81.4 cm³/mol. The van der Waals surface area contributed by atoms with E-state index < -0.39 is 0 Å². The van der Waals surface area contributed by atoms with Crippen LogP contribution in [0.3, 0.4) is 0 Å². The molecular formula is C17H28NO2+. The van der Waals surface area contributed by atoms with Gasteiger partial charge in [0.2, 0.25) is 0 Å². The molecule has 0 bridgehead atoms. The van der Waals surface area contributed by atoms with Crippen LogP contribution in [0.4, 0.5) is 0 Å². The van der Waals surface area contributed by atoms with Crippen LogP contribution in [0, 0.1) is 0 Å². The van der Waals surface area contributed by atoms with Gasteiger partial charge in [-0.25, -0.2) is 0 Å². The highest BCUT2D eigenvalue weighted by Gasteiger charge is 2.18. The summed E-state index contributed by atoms with van der Waals surface area (Å²) in [6.45, 7) is 5.79. The van der Waals surface area contributed by atoms with Crippen LogP contribution in [0.2, 0.25) is 0 Å². The minimum absolute atomic E-state index is 0.363. The third-order valence-corrected chi connectivity index (χ3v) is 3.99. The highest BCUT2D eigenvalue weighted by Crippen LogP contribution is 2.13. The fourth-order valence-corrected chi connectivity index (χ4v) is 2.88. The van der Waals surface area contributed by atoms with Crippen molar-refractivity contribution in [2.45, 2.75) is 45.1 Å². The van der Waals surface area contributed by atoms with Gasteiger partial charge in [-0.1, -0.05) is 25.5 Å². The maximum atomic E-state index is 10.1. The number of ether oxygens (including phenoxy) is 1. The van der Waals surface area contributed by atoms with E-state index >= 15 is 0 Å². The zero-order valence-electron chi connectivity index (χ0n) is 12.6. The fraction of sp³-hybridized carbons (Fsp3) is 0.647. The third kappa shape index (κ3) is 5.14. The molecule has 0 saturated carbocycles. The molecule has 1 atom stereocenters. The van der Waals surface area contributed by atoms with Gasteiger partial charge in [-0.05, 0) is 43.4 Å². The number of aliphatic hydroxyl groups is 1. The second kappa shape index (κ2) is 8.28. The normalized spacial score (nSPS) is 17.9. The van der Waals surface area contributed by atoms with Crippen molar-refractivity contribution in [3.8, 4) is 5.75 Å². The Bertz CT molecular complexity index is 371. The number of aliphatic hydroxyl groups excluding tert-OH is 1. The molecule has 1 saturated heterocycles. The molecule has 0 radical (unpaired) electrons. The molecule has 0 aromatic heterocycles. The van der Waals surface area contributed by atoms with E-state index in [9.17, 15) is 5.11 Å². The van der Waals surface area contributed by atoms with Gasteiger partial charge in [0.1, 0.15) is 25.0 Å². The molecule has 112 valence electrons. The Morgan fingerprint density at radius 1 is 1.15 bits per heavy atom. The molecule has 1 heterocycles. The molecule has 0 aliphatic carbocycles. The lowest BCUT2D eigenvalue weighted by Gasteiger charge is -2.25. The summed E-state index contributed by atoms with van der Waals surface area (Å²) in [6.07, 6.45) is 5.85. The molecule has 1 fully saturated rings. The van der Waals surface area contributed by atoms with Gasteiger partial charge in [0, 0.05) is 0 Å². The van der Waals surface area contributed by atoms with Gasteiger partial charge in [0.15, 0.2) is 0 Å². The number of hydrogen-bond acceptors (Lipinski definition) is 2. The van der Waals surface area contributed by atoms with Crippen LogP contribution in [-0.2, 0) is 6.42 Å². The molecule has 0 amide bonds. The van der Waals surface area contributed by atoms with E-state index in [1.165, 1.54) is 42.8 Å². The number of aryl methyl sites for hydroxylation is 1. The summed E-state index contributed by atoms with van der Waals surface area (Å²) in [5.74, 6) is 0.859. The number of hydrogen-bond donors (Lipinski definition) is 2. The first-order valence-corrected chi connectivity index (χ1v) is 8.01. The molecule has 1 aromatic carbocycles. The Morgan fingerprint density at radius 3 is 2.50 bits per heavy atom. The van der Waals surface area contributed by atoms with E-state index in [0.717, 1.165) is 25.1 Å². The predicted octanol–water partition coefficient (Wildman–Crippen LogP) is 1.45. The summed E-state index contributed by atoms with van der Waals surface area (Å²) in [5, 5.41) is 10.1. The standard InChI is InChI=1S/C17H27NO2/c1-2-6-15-7-9-17(10-8-15)20-14-16(19)13-18-11-4-3-5-12-18/h7-10,16,19H,2-6,11-14H2,1H3/p+1/t16-/m1/s1. The van der Waals surface area contributed by atoms with Crippen LogP contribution in [-0.4, -0.2) is 37.5 Å². The number of nitrogens with one attached hydrogen (secondary N) is 1. The third-order valence-electron chi connectivity index (χ3n) is 3.99. The van der Waals surface area contributed by atoms with E-state index in [4.69, 9.17) is 4.74 Å². The molecule has 1 aliphatic heterocycles. The summed E-state index contributed by atoms with van der Waals surface area (Å²) < 4.78 is 5.68. The molecule has 3 heteroatoms. The van der Waals surface area contributed by atoms with Gasteiger partial charge in [0.05, 0.1) is 13.1 Å². The van der Waals surface area contributed by atoms with E-state index in [-0.39, 0.29) is 6.10 Å². The maximum Gasteiger partial charge on any atom is 0.137 e. The van der Waals surface area contributed by atoms with Crippen LogP contribution in [0.25, 0.3) is 0 Å². The first-order valence-electron chi connectivity index (χ1n) is 8.01. The van der Waals surface area contributed by atoms with Gasteiger partial charge in [0.25, 0.3) is 0 Å². The van der Waals surface area contributed by atoms with Crippen molar-refractivity contribution in [2.24, 2.45) is 0 Å². The topological polar surface area (TPSA) is 33.9 Å². The lowest BCUT2D eigenvalue weighted by molar-refractivity contribution is -0.908. The van der Waals surface area contributed by atoms with E-state index in [2.05, 4.69) is 19.1 Å². The average Bonchev–Trinajstić information content (AvgIpc) is 2.48. The van der Waals surface area contributed by atoms with Crippen LogP contribution >= 0.6 is 0 Å². The zero-order chi connectivity index (χ0) is 14.2. The van der Waals surface area contributed by atoms with Crippen molar-refractivity contribution in [3.05, 3.63) is 29.8 Å². The lowest BCUT2D eigenvalue weighted by atomic mass is 10.1. The number of quaternary nitrogens is 1. The lowest BCUT2D eigenvalue weighted by Crippen LogP contribution is -3.14. The highest BCUT2D eigenvalue weighted by atomic mass is 16.5. The van der Waals surface area contributed by atoms with Crippen molar-refractivity contribution >= 4 is 0 Å². The minimum Gasteiger partial charge on any atom is -0.491 e. The summed E-state index contributed by atoms with van der Waals surface area (Å²) in [7, 11) is 0. The van der Waals surface area contributed by atoms with Crippen molar-refractivity contribution < 1.29 is 14.7 Å². The first-order chi connectivity index (χ1) is 9.78. The fourth-order valence-electron chi connectivity index (χ4n) is 2.88. The second-order valence-corrected chi connectivity index (χ2v) is 5.87. The van der Waals surface area contributed by atoms with E-state index in [1.807, 2.05) is 12.1 Å². The largest absolute Gasteiger partial charge is 0.491 e. The molecule has 3 nitrogen and oxygen atoms in total. The van der Waals surface area contributed by atoms with Gasteiger partial charge in [-0.2, -0.15) is 0 Å². The summed E-state index contributed by atoms with van der Waals surface area (Å²) in [5.41, 5.74) is 1.35. The molecular weight excluding hydrogens is 250 g/mol. The number of likely N-dealkylation sites (tertiary alicyclic amines) is 1. The first kappa shape index (κ1) is 15.3. The Kier molecular flexibility index (Phi) is 6.34. The monoisotopic (exact) mass is 278 g/mol. The van der Waals surface area contributed by atoms with Gasteiger partial charge < -0.3 is 14.7 Å². The van der Waals surface area contributed by atoms with Crippen molar-refractivity contribution in [1.82, 2.24) is 0 Å². The molecule has 0 spiro atoms.